The molecule has 0 aliphatic heterocycles. The van der Waals surface area contributed by atoms with Crippen molar-refractivity contribution in [3.63, 3.8) is 0 Å². The number of aryl methyl sites for hydroxylation is 1. The molecular weight excluding hydrogens is 258 g/mol. The van der Waals surface area contributed by atoms with Gasteiger partial charge in [-0.1, -0.05) is 6.07 Å². The standard InChI is InChI=1S/C15H21NO4/c1-19-9-8-16-15(14(17)18)7-3-4-11-10-12(20-2)5-6-13(11)15/h5-6,10,16H,3-4,7-9H2,1-2H3,(H,17,18). The van der Waals surface area contributed by atoms with Gasteiger partial charge in [-0.2, -0.15) is 0 Å². The molecule has 1 aromatic carbocycles. The van der Waals surface area contributed by atoms with Crippen molar-refractivity contribution in [1.82, 2.24) is 5.32 Å². The van der Waals surface area contributed by atoms with Gasteiger partial charge in [0.1, 0.15) is 11.3 Å². The molecule has 0 radical (unpaired) electrons. The summed E-state index contributed by atoms with van der Waals surface area (Å²) in [6, 6.07) is 5.62. The molecule has 2 N–H and O–H groups in total. The van der Waals surface area contributed by atoms with E-state index in [1.54, 1.807) is 14.2 Å². The van der Waals surface area contributed by atoms with Gasteiger partial charge in [0.15, 0.2) is 0 Å². The van der Waals surface area contributed by atoms with Crippen LogP contribution in [0.5, 0.6) is 5.75 Å². The van der Waals surface area contributed by atoms with Gasteiger partial charge in [0.05, 0.1) is 13.7 Å². The van der Waals surface area contributed by atoms with Gasteiger partial charge in [0, 0.05) is 13.7 Å². The van der Waals surface area contributed by atoms with Crippen molar-refractivity contribution in [2.45, 2.75) is 24.8 Å². The number of nitrogens with one attached hydrogen (secondary N) is 1. The summed E-state index contributed by atoms with van der Waals surface area (Å²) >= 11 is 0. The highest BCUT2D eigenvalue weighted by molar-refractivity contribution is 5.82. The fourth-order valence-corrected chi connectivity index (χ4v) is 2.85. The van der Waals surface area contributed by atoms with E-state index < -0.39 is 11.5 Å². The molecule has 0 heterocycles. The van der Waals surface area contributed by atoms with E-state index in [0.717, 1.165) is 29.7 Å². The number of carboxylic acids is 1. The summed E-state index contributed by atoms with van der Waals surface area (Å²) in [6.07, 6.45) is 2.31. The van der Waals surface area contributed by atoms with Crippen LogP contribution in [-0.2, 0) is 21.5 Å². The minimum atomic E-state index is -1.02. The van der Waals surface area contributed by atoms with Crippen molar-refractivity contribution in [3.05, 3.63) is 29.3 Å². The largest absolute Gasteiger partial charge is 0.497 e. The maximum atomic E-state index is 11.9. The predicted octanol–water partition coefficient (Wildman–Crippen LogP) is 1.55. The van der Waals surface area contributed by atoms with E-state index in [0.29, 0.717) is 19.6 Å². The highest BCUT2D eigenvalue weighted by Crippen LogP contribution is 2.37. The Labute approximate surface area is 118 Å². The van der Waals surface area contributed by atoms with Crippen LogP contribution in [0.3, 0.4) is 0 Å². The summed E-state index contributed by atoms with van der Waals surface area (Å²) < 4.78 is 10.2. The van der Waals surface area contributed by atoms with Crippen LogP contribution in [0, 0.1) is 0 Å². The van der Waals surface area contributed by atoms with Crippen molar-refractivity contribution < 1.29 is 19.4 Å². The molecule has 5 nitrogen and oxygen atoms in total. The number of fused-ring (bicyclic) bond motifs is 1. The molecule has 5 heteroatoms. The van der Waals surface area contributed by atoms with Crippen LogP contribution < -0.4 is 10.1 Å². The van der Waals surface area contributed by atoms with Crippen molar-refractivity contribution in [2.24, 2.45) is 0 Å². The SMILES string of the molecule is COCCNC1(C(=O)O)CCCc2cc(OC)ccc21. The normalized spacial score (nSPS) is 21.3. The molecule has 2 rings (SSSR count). The minimum absolute atomic E-state index is 0.487. The molecular formula is C15H21NO4. The molecule has 1 aliphatic rings. The first kappa shape index (κ1) is 14.8. The van der Waals surface area contributed by atoms with E-state index in [-0.39, 0.29) is 0 Å². The maximum Gasteiger partial charge on any atom is 0.328 e. The fourth-order valence-electron chi connectivity index (χ4n) is 2.85. The number of benzene rings is 1. The van der Waals surface area contributed by atoms with E-state index >= 15 is 0 Å². The van der Waals surface area contributed by atoms with Crippen molar-refractivity contribution >= 4 is 5.97 Å². The van der Waals surface area contributed by atoms with Crippen LogP contribution in [0.2, 0.25) is 0 Å². The molecule has 0 bridgehead atoms. The topological polar surface area (TPSA) is 67.8 Å². The van der Waals surface area contributed by atoms with Crippen molar-refractivity contribution in [2.75, 3.05) is 27.4 Å². The van der Waals surface area contributed by atoms with Crippen LogP contribution in [0.4, 0.5) is 0 Å². The number of methoxy groups -OCH3 is 2. The number of carboxylic acid groups (broad SMARTS) is 1. The van der Waals surface area contributed by atoms with Gasteiger partial charge in [-0.25, -0.2) is 4.79 Å². The van der Waals surface area contributed by atoms with E-state index in [2.05, 4.69) is 5.32 Å². The summed E-state index contributed by atoms with van der Waals surface area (Å²) in [4.78, 5) is 11.9. The number of aliphatic carboxylic acids is 1. The average molecular weight is 279 g/mol. The second-order valence-corrected chi connectivity index (χ2v) is 5.01. The van der Waals surface area contributed by atoms with Gasteiger partial charge in [0.25, 0.3) is 0 Å². The summed E-state index contributed by atoms with van der Waals surface area (Å²) in [5.74, 6) is -0.0680. The second-order valence-electron chi connectivity index (χ2n) is 5.01. The smallest absolute Gasteiger partial charge is 0.328 e. The van der Waals surface area contributed by atoms with Gasteiger partial charge >= 0.3 is 5.97 Å². The lowest BCUT2D eigenvalue weighted by Crippen LogP contribution is -2.52. The molecule has 1 unspecified atom stereocenters. The lowest BCUT2D eigenvalue weighted by Gasteiger charge is -2.36. The zero-order valence-corrected chi connectivity index (χ0v) is 11.9. The molecule has 0 fully saturated rings. The average Bonchev–Trinajstić information content (AvgIpc) is 2.46. The molecule has 20 heavy (non-hydrogen) atoms. The highest BCUT2D eigenvalue weighted by atomic mass is 16.5. The Morgan fingerprint density at radius 3 is 2.90 bits per heavy atom. The number of carbonyl (C=O) groups is 1. The monoisotopic (exact) mass is 279 g/mol. The lowest BCUT2D eigenvalue weighted by atomic mass is 9.76. The Morgan fingerprint density at radius 1 is 1.45 bits per heavy atom. The predicted molar refractivity (Wildman–Crippen MR) is 75.1 cm³/mol. The quantitative estimate of drug-likeness (QED) is 0.773. The molecule has 1 aromatic rings. The molecule has 1 atom stereocenters. The summed E-state index contributed by atoms with van der Waals surface area (Å²) in [7, 11) is 3.22. The first-order valence-corrected chi connectivity index (χ1v) is 6.79. The van der Waals surface area contributed by atoms with Gasteiger partial charge in [-0.15, -0.1) is 0 Å². The van der Waals surface area contributed by atoms with Crippen molar-refractivity contribution in [1.29, 1.82) is 0 Å². The highest BCUT2D eigenvalue weighted by Gasteiger charge is 2.43. The summed E-state index contributed by atoms with van der Waals surface area (Å²) in [6.45, 7) is 0.995. The van der Waals surface area contributed by atoms with Crippen LogP contribution in [-0.4, -0.2) is 38.4 Å². The van der Waals surface area contributed by atoms with Gasteiger partial charge in [-0.05, 0) is 42.5 Å². The fraction of sp³-hybridized carbons (Fsp3) is 0.533. The second kappa shape index (κ2) is 6.24. The third-order valence-electron chi connectivity index (χ3n) is 3.87. The Kier molecular flexibility index (Phi) is 4.62. The number of rotatable bonds is 6. The van der Waals surface area contributed by atoms with Gasteiger partial charge in [0.2, 0.25) is 0 Å². The number of hydrogen-bond acceptors (Lipinski definition) is 4. The van der Waals surface area contributed by atoms with Crippen LogP contribution >= 0.6 is 0 Å². The number of ether oxygens (including phenoxy) is 2. The summed E-state index contributed by atoms with van der Waals surface area (Å²) in [5.41, 5.74) is 0.870. The minimum Gasteiger partial charge on any atom is -0.497 e. The molecule has 0 amide bonds. The Bertz CT molecular complexity index is 489. The molecule has 0 saturated heterocycles. The zero-order valence-electron chi connectivity index (χ0n) is 11.9. The van der Waals surface area contributed by atoms with Crippen LogP contribution in [0.25, 0.3) is 0 Å². The van der Waals surface area contributed by atoms with Crippen LogP contribution in [0.15, 0.2) is 18.2 Å². The Balaban J connectivity index is 2.37. The Morgan fingerprint density at radius 2 is 2.25 bits per heavy atom. The van der Waals surface area contributed by atoms with E-state index in [1.807, 2.05) is 18.2 Å². The summed E-state index contributed by atoms with van der Waals surface area (Å²) in [5, 5.41) is 12.9. The maximum absolute atomic E-state index is 11.9. The Hall–Kier alpha value is -1.59. The van der Waals surface area contributed by atoms with E-state index in [1.165, 1.54) is 0 Å². The van der Waals surface area contributed by atoms with Crippen molar-refractivity contribution in [3.8, 4) is 5.75 Å². The van der Waals surface area contributed by atoms with Gasteiger partial charge in [-0.3, -0.25) is 5.32 Å². The number of hydrogen-bond donors (Lipinski definition) is 2. The first-order valence-electron chi connectivity index (χ1n) is 6.79. The lowest BCUT2D eigenvalue weighted by molar-refractivity contribution is -0.146. The molecule has 0 aromatic heterocycles. The van der Waals surface area contributed by atoms with E-state index in [4.69, 9.17) is 9.47 Å². The third-order valence-corrected chi connectivity index (χ3v) is 3.87. The molecule has 0 spiro atoms. The molecule has 0 saturated carbocycles. The van der Waals surface area contributed by atoms with Crippen LogP contribution in [0.1, 0.15) is 24.0 Å². The van der Waals surface area contributed by atoms with E-state index in [9.17, 15) is 9.90 Å². The first-order chi connectivity index (χ1) is 9.64. The third kappa shape index (κ3) is 2.64. The van der Waals surface area contributed by atoms with Gasteiger partial charge < -0.3 is 14.6 Å². The zero-order chi connectivity index (χ0) is 14.6. The molecule has 1 aliphatic carbocycles. The molecule has 110 valence electrons.